The molecule has 0 N–H and O–H groups in total. The maximum absolute atomic E-state index is 12.5. The molecule has 1 aliphatic heterocycles. The number of rotatable bonds is 7. The highest BCUT2D eigenvalue weighted by molar-refractivity contribution is 7.99. The van der Waals surface area contributed by atoms with E-state index in [1.165, 1.54) is 16.6 Å². The smallest absolute Gasteiger partial charge is 0.277 e. The van der Waals surface area contributed by atoms with E-state index in [1.807, 2.05) is 29.2 Å². The van der Waals surface area contributed by atoms with Crippen molar-refractivity contribution in [1.82, 2.24) is 20.0 Å². The van der Waals surface area contributed by atoms with Crippen LogP contribution in [0.1, 0.15) is 4.88 Å². The molecule has 1 saturated heterocycles. The van der Waals surface area contributed by atoms with Crippen LogP contribution in [-0.2, 0) is 11.3 Å². The van der Waals surface area contributed by atoms with E-state index in [-0.39, 0.29) is 5.91 Å². The minimum atomic E-state index is 0.106. The molecule has 1 aromatic carbocycles. The van der Waals surface area contributed by atoms with Gasteiger partial charge in [-0.25, -0.2) is 0 Å². The topological polar surface area (TPSA) is 71.7 Å². The van der Waals surface area contributed by atoms with Crippen LogP contribution in [0, 0.1) is 0 Å². The summed E-state index contributed by atoms with van der Waals surface area (Å²) in [6.45, 7) is 4.27. The Hall–Kier alpha value is -2.36. The zero-order chi connectivity index (χ0) is 20.1. The minimum Gasteiger partial charge on any atom is -0.497 e. The third kappa shape index (κ3) is 5.17. The van der Waals surface area contributed by atoms with E-state index in [1.54, 1.807) is 18.4 Å². The van der Waals surface area contributed by atoms with Gasteiger partial charge >= 0.3 is 0 Å². The van der Waals surface area contributed by atoms with Gasteiger partial charge in [0.25, 0.3) is 5.22 Å². The fourth-order valence-corrected chi connectivity index (χ4v) is 4.52. The summed E-state index contributed by atoms with van der Waals surface area (Å²) < 4.78 is 10.8. The van der Waals surface area contributed by atoms with Crippen molar-refractivity contribution in [2.75, 3.05) is 39.0 Å². The molecule has 29 heavy (non-hydrogen) atoms. The van der Waals surface area contributed by atoms with Crippen LogP contribution in [0.3, 0.4) is 0 Å². The SMILES string of the molecule is COc1ccc(-c2nnc(SCC(=O)N3CCN(Cc4cccs4)CC3)o2)cc1. The Morgan fingerprint density at radius 1 is 1.17 bits per heavy atom. The maximum atomic E-state index is 12.5. The van der Waals surface area contributed by atoms with Gasteiger partial charge in [0.15, 0.2) is 0 Å². The summed E-state index contributed by atoms with van der Waals surface area (Å²) in [4.78, 5) is 18.2. The normalized spacial score (nSPS) is 14.9. The fourth-order valence-electron chi connectivity index (χ4n) is 3.11. The van der Waals surface area contributed by atoms with Gasteiger partial charge in [0.1, 0.15) is 5.75 Å². The zero-order valence-electron chi connectivity index (χ0n) is 16.1. The monoisotopic (exact) mass is 430 g/mol. The second-order valence-corrected chi connectivity index (χ2v) is 8.59. The number of piperazine rings is 1. The largest absolute Gasteiger partial charge is 0.497 e. The Kier molecular flexibility index (Phi) is 6.48. The summed E-state index contributed by atoms with van der Waals surface area (Å²) in [5.74, 6) is 1.61. The first-order valence-electron chi connectivity index (χ1n) is 9.34. The molecule has 0 unspecified atom stereocenters. The molecule has 4 rings (SSSR count). The van der Waals surface area contributed by atoms with Crippen molar-refractivity contribution in [3.63, 3.8) is 0 Å². The first-order chi connectivity index (χ1) is 14.2. The highest BCUT2D eigenvalue weighted by Gasteiger charge is 2.22. The lowest BCUT2D eigenvalue weighted by atomic mass is 10.2. The number of hydrogen-bond acceptors (Lipinski definition) is 8. The molecule has 3 heterocycles. The molecule has 0 radical (unpaired) electrons. The van der Waals surface area contributed by atoms with Crippen LogP contribution < -0.4 is 4.74 Å². The van der Waals surface area contributed by atoms with Crippen LogP contribution in [0.15, 0.2) is 51.4 Å². The van der Waals surface area contributed by atoms with E-state index < -0.39 is 0 Å². The molecule has 9 heteroatoms. The molecule has 0 bridgehead atoms. The Morgan fingerprint density at radius 3 is 2.66 bits per heavy atom. The fraction of sp³-hybridized carbons (Fsp3) is 0.350. The lowest BCUT2D eigenvalue weighted by Gasteiger charge is -2.34. The van der Waals surface area contributed by atoms with Crippen molar-refractivity contribution >= 4 is 29.0 Å². The van der Waals surface area contributed by atoms with Crippen molar-refractivity contribution in [2.45, 2.75) is 11.8 Å². The number of benzene rings is 1. The van der Waals surface area contributed by atoms with Crippen LogP contribution in [0.4, 0.5) is 0 Å². The van der Waals surface area contributed by atoms with Gasteiger partial charge in [0, 0.05) is 43.2 Å². The molecular formula is C20H22N4O3S2. The molecule has 2 aromatic heterocycles. The van der Waals surface area contributed by atoms with Gasteiger partial charge in [-0.2, -0.15) is 0 Å². The van der Waals surface area contributed by atoms with Crippen molar-refractivity contribution in [3.05, 3.63) is 46.7 Å². The van der Waals surface area contributed by atoms with Crippen LogP contribution in [0.2, 0.25) is 0 Å². The molecule has 1 amide bonds. The average molecular weight is 431 g/mol. The summed E-state index contributed by atoms with van der Waals surface area (Å²) in [7, 11) is 1.62. The van der Waals surface area contributed by atoms with Crippen molar-refractivity contribution in [3.8, 4) is 17.2 Å². The van der Waals surface area contributed by atoms with E-state index in [0.717, 1.165) is 44.0 Å². The molecule has 152 valence electrons. The molecular weight excluding hydrogens is 408 g/mol. The van der Waals surface area contributed by atoms with Gasteiger partial charge < -0.3 is 14.1 Å². The standard InChI is InChI=1S/C20H22N4O3S2/c1-26-16-6-4-15(5-7-16)19-21-22-20(27-19)29-14-18(25)24-10-8-23(9-11-24)13-17-3-2-12-28-17/h2-7,12H,8-11,13-14H2,1H3. The summed E-state index contributed by atoms with van der Waals surface area (Å²) in [5.41, 5.74) is 0.818. The number of carbonyl (C=O) groups excluding carboxylic acids is 1. The highest BCUT2D eigenvalue weighted by atomic mass is 32.2. The van der Waals surface area contributed by atoms with Gasteiger partial charge in [-0.05, 0) is 35.7 Å². The quantitative estimate of drug-likeness (QED) is 0.533. The number of nitrogens with zero attached hydrogens (tertiary/aromatic N) is 4. The number of ether oxygens (including phenoxy) is 1. The highest BCUT2D eigenvalue weighted by Crippen LogP contribution is 2.25. The first-order valence-corrected chi connectivity index (χ1v) is 11.2. The number of carbonyl (C=O) groups is 1. The summed E-state index contributed by atoms with van der Waals surface area (Å²) in [5, 5.41) is 10.6. The Bertz CT molecular complexity index is 920. The Labute approximate surface area is 177 Å². The molecule has 0 saturated carbocycles. The molecule has 3 aromatic rings. The van der Waals surface area contributed by atoms with Gasteiger partial charge in [-0.15, -0.1) is 21.5 Å². The van der Waals surface area contributed by atoms with Gasteiger partial charge in [-0.1, -0.05) is 17.8 Å². The lowest BCUT2D eigenvalue weighted by molar-refractivity contribution is -0.130. The minimum absolute atomic E-state index is 0.106. The second kappa shape index (κ2) is 9.43. The molecule has 0 spiro atoms. The first kappa shape index (κ1) is 19.9. The van der Waals surface area contributed by atoms with Gasteiger partial charge in [-0.3, -0.25) is 9.69 Å². The van der Waals surface area contributed by atoms with E-state index in [9.17, 15) is 4.79 Å². The predicted octanol–water partition coefficient (Wildman–Crippen LogP) is 3.24. The third-order valence-electron chi connectivity index (χ3n) is 4.75. The predicted molar refractivity (Wildman–Crippen MR) is 113 cm³/mol. The third-order valence-corrected chi connectivity index (χ3v) is 6.41. The van der Waals surface area contributed by atoms with Crippen LogP contribution in [0.5, 0.6) is 5.75 Å². The number of methoxy groups -OCH3 is 1. The summed E-state index contributed by atoms with van der Waals surface area (Å²) in [6.07, 6.45) is 0. The van der Waals surface area contributed by atoms with E-state index in [0.29, 0.717) is 16.9 Å². The Balaban J connectivity index is 1.24. The number of aromatic nitrogens is 2. The molecule has 1 fully saturated rings. The van der Waals surface area contributed by atoms with Crippen LogP contribution in [0.25, 0.3) is 11.5 Å². The van der Waals surface area contributed by atoms with Crippen LogP contribution in [-0.4, -0.2) is 64.9 Å². The van der Waals surface area contributed by atoms with Gasteiger partial charge in [0.2, 0.25) is 11.8 Å². The van der Waals surface area contributed by atoms with Gasteiger partial charge in [0.05, 0.1) is 12.9 Å². The van der Waals surface area contributed by atoms with Crippen molar-refractivity contribution < 1.29 is 13.9 Å². The maximum Gasteiger partial charge on any atom is 0.277 e. The number of hydrogen-bond donors (Lipinski definition) is 0. The van der Waals surface area contributed by atoms with Crippen molar-refractivity contribution in [1.29, 1.82) is 0 Å². The zero-order valence-corrected chi connectivity index (χ0v) is 17.7. The lowest BCUT2D eigenvalue weighted by Crippen LogP contribution is -2.48. The molecule has 0 atom stereocenters. The van der Waals surface area contributed by atoms with E-state index in [4.69, 9.17) is 9.15 Å². The van der Waals surface area contributed by atoms with E-state index in [2.05, 4.69) is 32.6 Å². The van der Waals surface area contributed by atoms with Crippen molar-refractivity contribution in [2.24, 2.45) is 0 Å². The number of thiophene rings is 1. The Morgan fingerprint density at radius 2 is 1.97 bits per heavy atom. The number of amides is 1. The summed E-state index contributed by atoms with van der Waals surface area (Å²) in [6, 6.07) is 11.6. The molecule has 1 aliphatic rings. The van der Waals surface area contributed by atoms with Crippen LogP contribution >= 0.6 is 23.1 Å². The second-order valence-electron chi connectivity index (χ2n) is 6.63. The van der Waals surface area contributed by atoms with E-state index >= 15 is 0 Å². The summed E-state index contributed by atoms with van der Waals surface area (Å²) >= 11 is 3.06. The molecule has 0 aliphatic carbocycles. The molecule has 7 nitrogen and oxygen atoms in total. The average Bonchev–Trinajstić information content (AvgIpc) is 3.45. The number of thioether (sulfide) groups is 1.